The molecule has 3 heteroatoms. The van der Waals surface area contributed by atoms with Gasteiger partial charge in [-0.2, -0.15) is 0 Å². The SMILES string of the molecule is C[Si](C)(C)CC(CCl)Cc1cccc(Br)c1. The van der Waals surface area contributed by atoms with Gasteiger partial charge in [-0.05, 0) is 30.0 Å². The summed E-state index contributed by atoms with van der Waals surface area (Å²) in [6.07, 6.45) is 1.10. The number of hydrogen-bond donors (Lipinski definition) is 0. The molecule has 1 unspecified atom stereocenters. The summed E-state index contributed by atoms with van der Waals surface area (Å²) >= 11 is 9.58. The maximum absolute atomic E-state index is 6.07. The van der Waals surface area contributed by atoms with Gasteiger partial charge in [0.25, 0.3) is 0 Å². The molecule has 0 aliphatic rings. The molecule has 1 rings (SSSR count). The molecular weight excluding hydrogens is 300 g/mol. The van der Waals surface area contributed by atoms with Crippen LogP contribution in [0.1, 0.15) is 5.56 Å². The molecule has 0 amide bonds. The Balaban J connectivity index is 2.63. The zero-order chi connectivity index (χ0) is 12.2. The van der Waals surface area contributed by atoms with E-state index in [-0.39, 0.29) is 0 Å². The third-order valence-electron chi connectivity index (χ3n) is 2.53. The lowest BCUT2D eigenvalue weighted by atomic mass is 10.0. The molecule has 0 nitrogen and oxygen atoms in total. The zero-order valence-corrected chi connectivity index (χ0v) is 13.6. The van der Waals surface area contributed by atoms with E-state index in [0.717, 1.165) is 16.8 Å². The monoisotopic (exact) mass is 318 g/mol. The Morgan fingerprint density at radius 2 is 2.00 bits per heavy atom. The number of hydrogen-bond acceptors (Lipinski definition) is 0. The summed E-state index contributed by atoms with van der Waals surface area (Å²) < 4.78 is 1.16. The minimum absolute atomic E-state index is 0.627. The lowest BCUT2D eigenvalue weighted by Gasteiger charge is -2.23. The quantitative estimate of drug-likeness (QED) is 0.518. The smallest absolute Gasteiger partial charge is 0.0445 e. The van der Waals surface area contributed by atoms with Gasteiger partial charge in [0.1, 0.15) is 0 Å². The summed E-state index contributed by atoms with van der Waals surface area (Å²) in [5, 5.41) is 0. The fraction of sp³-hybridized carbons (Fsp3) is 0.538. The number of rotatable bonds is 5. The van der Waals surface area contributed by atoms with Crippen LogP contribution in [0.3, 0.4) is 0 Å². The molecule has 0 saturated heterocycles. The van der Waals surface area contributed by atoms with Gasteiger partial charge in [-0.3, -0.25) is 0 Å². The van der Waals surface area contributed by atoms with Crippen LogP contribution < -0.4 is 0 Å². The molecular formula is C13H20BrClSi. The third-order valence-corrected chi connectivity index (χ3v) is 5.26. The van der Waals surface area contributed by atoms with Crippen molar-refractivity contribution in [1.82, 2.24) is 0 Å². The summed E-state index contributed by atoms with van der Waals surface area (Å²) in [7, 11) is -1.00. The van der Waals surface area contributed by atoms with E-state index >= 15 is 0 Å². The summed E-state index contributed by atoms with van der Waals surface area (Å²) in [4.78, 5) is 0. The van der Waals surface area contributed by atoms with Crippen LogP contribution in [0.25, 0.3) is 0 Å². The Morgan fingerprint density at radius 1 is 1.31 bits per heavy atom. The third kappa shape index (κ3) is 5.51. The topological polar surface area (TPSA) is 0 Å². The lowest BCUT2D eigenvalue weighted by Crippen LogP contribution is -2.25. The van der Waals surface area contributed by atoms with Crippen molar-refractivity contribution in [2.45, 2.75) is 32.1 Å². The number of benzene rings is 1. The molecule has 16 heavy (non-hydrogen) atoms. The molecule has 1 atom stereocenters. The molecule has 1 aromatic carbocycles. The van der Waals surface area contributed by atoms with E-state index in [1.165, 1.54) is 11.6 Å². The molecule has 90 valence electrons. The average molecular weight is 320 g/mol. The van der Waals surface area contributed by atoms with Gasteiger partial charge >= 0.3 is 0 Å². The molecule has 0 N–H and O–H groups in total. The van der Waals surface area contributed by atoms with E-state index in [2.05, 4.69) is 59.8 Å². The van der Waals surface area contributed by atoms with E-state index in [1.54, 1.807) is 0 Å². The fourth-order valence-corrected chi connectivity index (χ4v) is 4.91. The molecule has 0 aliphatic carbocycles. The van der Waals surface area contributed by atoms with Gasteiger partial charge in [-0.1, -0.05) is 53.7 Å². The van der Waals surface area contributed by atoms with Crippen LogP contribution in [-0.4, -0.2) is 14.0 Å². The van der Waals surface area contributed by atoms with E-state index in [9.17, 15) is 0 Å². The second-order valence-corrected chi connectivity index (χ2v) is 12.4. The Kier molecular flexibility index (Phi) is 5.55. The molecule has 0 radical (unpaired) electrons. The van der Waals surface area contributed by atoms with Crippen LogP contribution in [0, 0.1) is 5.92 Å². The predicted molar refractivity (Wildman–Crippen MR) is 80.2 cm³/mol. The van der Waals surface area contributed by atoms with Crippen molar-refractivity contribution in [1.29, 1.82) is 0 Å². The van der Waals surface area contributed by atoms with Gasteiger partial charge in [0.2, 0.25) is 0 Å². The van der Waals surface area contributed by atoms with Crippen molar-refractivity contribution >= 4 is 35.6 Å². The largest absolute Gasteiger partial charge is 0.126 e. The normalized spacial score (nSPS) is 13.8. The maximum atomic E-state index is 6.07. The van der Waals surface area contributed by atoms with Crippen LogP contribution in [0.15, 0.2) is 28.7 Å². The first-order chi connectivity index (χ1) is 7.40. The summed E-state index contributed by atoms with van der Waals surface area (Å²) in [6.45, 7) is 7.23. The highest BCUT2D eigenvalue weighted by Crippen LogP contribution is 2.23. The lowest BCUT2D eigenvalue weighted by molar-refractivity contribution is 0.643. The molecule has 0 saturated carbocycles. The molecule has 0 bridgehead atoms. The minimum atomic E-state index is -1.00. The standard InChI is InChI=1S/C13H20BrClSi/c1-16(2,3)10-12(9-15)7-11-5-4-6-13(14)8-11/h4-6,8,12H,7,9-10H2,1-3H3. The Labute approximate surface area is 114 Å². The molecule has 0 aromatic heterocycles. The molecule has 0 spiro atoms. The number of alkyl halides is 1. The van der Waals surface area contributed by atoms with E-state index in [4.69, 9.17) is 11.6 Å². The van der Waals surface area contributed by atoms with E-state index in [0.29, 0.717) is 5.92 Å². The predicted octanol–water partition coefficient (Wildman–Crippen LogP) is 5.18. The average Bonchev–Trinajstić information content (AvgIpc) is 2.14. The van der Waals surface area contributed by atoms with Crippen molar-refractivity contribution in [3.05, 3.63) is 34.3 Å². The van der Waals surface area contributed by atoms with Crippen molar-refractivity contribution in [2.24, 2.45) is 5.92 Å². The first kappa shape index (κ1) is 14.3. The molecule has 0 aliphatic heterocycles. The summed E-state index contributed by atoms with van der Waals surface area (Å²) in [5.41, 5.74) is 1.39. The molecule has 0 heterocycles. The van der Waals surface area contributed by atoms with Crippen molar-refractivity contribution in [3.63, 3.8) is 0 Å². The Morgan fingerprint density at radius 3 is 2.50 bits per heavy atom. The minimum Gasteiger partial charge on any atom is -0.126 e. The highest BCUT2D eigenvalue weighted by Gasteiger charge is 2.20. The summed E-state index contributed by atoms with van der Waals surface area (Å²) in [6, 6.07) is 9.86. The second-order valence-electron chi connectivity index (χ2n) is 5.62. The Bertz CT molecular complexity index is 333. The molecule has 0 fully saturated rings. The summed E-state index contributed by atoms with van der Waals surface area (Å²) in [5.74, 6) is 1.40. The van der Waals surface area contributed by atoms with E-state index < -0.39 is 8.07 Å². The highest BCUT2D eigenvalue weighted by molar-refractivity contribution is 9.10. The van der Waals surface area contributed by atoms with Gasteiger partial charge in [0, 0.05) is 18.4 Å². The first-order valence-electron chi connectivity index (χ1n) is 5.71. The van der Waals surface area contributed by atoms with Crippen molar-refractivity contribution in [2.75, 3.05) is 5.88 Å². The van der Waals surface area contributed by atoms with Crippen LogP contribution >= 0.6 is 27.5 Å². The van der Waals surface area contributed by atoms with E-state index in [1.807, 2.05) is 0 Å². The van der Waals surface area contributed by atoms with Gasteiger partial charge in [0.15, 0.2) is 0 Å². The number of halogens is 2. The van der Waals surface area contributed by atoms with Crippen molar-refractivity contribution < 1.29 is 0 Å². The van der Waals surface area contributed by atoms with Crippen LogP contribution in [0.4, 0.5) is 0 Å². The second kappa shape index (κ2) is 6.22. The van der Waals surface area contributed by atoms with Crippen molar-refractivity contribution in [3.8, 4) is 0 Å². The highest BCUT2D eigenvalue weighted by atomic mass is 79.9. The van der Waals surface area contributed by atoms with Gasteiger partial charge in [-0.15, -0.1) is 11.6 Å². The molecule has 1 aromatic rings. The van der Waals surface area contributed by atoms with Gasteiger partial charge < -0.3 is 0 Å². The van der Waals surface area contributed by atoms with Gasteiger partial charge in [0.05, 0.1) is 0 Å². The van der Waals surface area contributed by atoms with Crippen LogP contribution in [0.2, 0.25) is 25.7 Å². The zero-order valence-electron chi connectivity index (χ0n) is 10.3. The van der Waals surface area contributed by atoms with Crippen LogP contribution in [-0.2, 0) is 6.42 Å². The van der Waals surface area contributed by atoms with Crippen LogP contribution in [0.5, 0.6) is 0 Å². The maximum Gasteiger partial charge on any atom is 0.0445 e. The van der Waals surface area contributed by atoms with Gasteiger partial charge in [-0.25, -0.2) is 0 Å². The first-order valence-corrected chi connectivity index (χ1v) is 10.7. The Hall–Kier alpha value is 0.207. The fourth-order valence-electron chi connectivity index (χ4n) is 2.04.